The number of nitrogens with zero attached hydrogens (tertiary/aromatic N) is 3. The second-order valence-electron chi connectivity index (χ2n) is 8.45. The van der Waals surface area contributed by atoms with Crippen LogP contribution in [0.3, 0.4) is 0 Å². The lowest BCUT2D eigenvalue weighted by Crippen LogP contribution is -2.36. The van der Waals surface area contributed by atoms with Crippen molar-refractivity contribution in [3.63, 3.8) is 0 Å². The van der Waals surface area contributed by atoms with Gasteiger partial charge in [-0.2, -0.15) is 4.98 Å². The monoisotopic (exact) mass is 388 g/mol. The highest BCUT2D eigenvalue weighted by molar-refractivity contribution is 6.00. The van der Waals surface area contributed by atoms with Crippen LogP contribution in [0.2, 0.25) is 0 Å². The van der Waals surface area contributed by atoms with Crippen LogP contribution in [0.1, 0.15) is 38.3 Å². The molecular formula is C23H21FN4O. The maximum Gasteiger partial charge on any atom is 0.226 e. The summed E-state index contributed by atoms with van der Waals surface area (Å²) in [4.78, 5) is 17.7. The van der Waals surface area contributed by atoms with Crippen LogP contribution in [-0.2, 0) is 4.79 Å². The molecule has 6 heteroatoms. The number of allylic oxidation sites excluding steroid dienone is 2. The Balaban J connectivity index is 1.70. The van der Waals surface area contributed by atoms with Gasteiger partial charge < -0.3 is 5.32 Å². The van der Waals surface area contributed by atoms with E-state index in [0.29, 0.717) is 23.8 Å². The molecule has 1 N–H and O–H groups in total. The van der Waals surface area contributed by atoms with Gasteiger partial charge in [-0.1, -0.05) is 56.3 Å². The van der Waals surface area contributed by atoms with Gasteiger partial charge in [0.15, 0.2) is 11.6 Å². The van der Waals surface area contributed by atoms with Crippen LogP contribution in [0.5, 0.6) is 0 Å². The molecule has 1 aliphatic carbocycles. The van der Waals surface area contributed by atoms with Gasteiger partial charge in [-0.15, -0.1) is 5.10 Å². The zero-order valence-corrected chi connectivity index (χ0v) is 16.3. The fourth-order valence-corrected chi connectivity index (χ4v) is 4.31. The molecule has 2 heterocycles. The number of ketones is 1. The van der Waals surface area contributed by atoms with E-state index in [4.69, 9.17) is 0 Å². The number of nitrogens with one attached hydrogen (secondary N) is 1. The van der Waals surface area contributed by atoms with Gasteiger partial charge in [0, 0.05) is 17.7 Å². The van der Waals surface area contributed by atoms with E-state index < -0.39 is 0 Å². The maximum absolute atomic E-state index is 14.3. The van der Waals surface area contributed by atoms with E-state index in [1.807, 2.05) is 30.3 Å². The van der Waals surface area contributed by atoms with E-state index in [0.717, 1.165) is 23.3 Å². The van der Waals surface area contributed by atoms with Gasteiger partial charge in [-0.25, -0.2) is 9.07 Å². The minimum Gasteiger partial charge on any atom is -0.328 e. The number of aromatic nitrogens is 3. The molecular weight excluding hydrogens is 367 g/mol. The van der Waals surface area contributed by atoms with E-state index in [2.05, 4.69) is 29.2 Å². The number of carbonyl (C=O) groups excluding carboxylic acids is 1. The van der Waals surface area contributed by atoms with Gasteiger partial charge >= 0.3 is 0 Å². The Kier molecular flexibility index (Phi) is 3.91. The third-order valence-electron chi connectivity index (χ3n) is 5.56. The Morgan fingerprint density at radius 3 is 2.55 bits per heavy atom. The Morgan fingerprint density at radius 2 is 1.79 bits per heavy atom. The Labute approximate surface area is 168 Å². The van der Waals surface area contributed by atoms with Crippen molar-refractivity contribution in [3.05, 3.63) is 77.2 Å². The maximum atomic E-state index is 14.3. The molecule has 1 aromatic heterocycles. The molecule has 29 heavy (non-hydrogen) atoms. The first-order valence-electron chi connectivity index (χ1n) is 9.73. The van der Waals surface area contributed by atoms with Crippen LogP contribution < -0.4 is 5.32 Å². The molecule has 3 aromatic rings. The molecule has 2 aromatic carbocycles. The summed E-state index contributed by atoms with van der Waals surface area (Å²) >= 11 is 0. The molecule has 0 saturated heterocycles. The summed E-state index contributed by atoms with van der Waals surface area (Å²) < 4.78 is 16.1. The predicted octanol–water partition coefficient (Wildman–Crippen LogP) is 4.74. The summed E-state index contributed by atoms with van der Waals surface area (Å²) in [7, 11) is 0. The van der Waals surface area contributed by atoms with Crippen molar-refractivity contribution in [2.24, 2.45) is 5.41 Å². The predicted molar refractivity (Wildman–Crippen MR) is 109 cm³/mol. The van der Waals surface area contributed by atoms with Crippen LogP contribution in [0, 0.1) is 11.2 Å². The normalized spacial score (nSPS) is 20.1. The van der Waals surface area contributed by atoms with E-state index >= 15 is 0 Å². The number of halogens is 1. The molecule has 5 rings (SSSR count). The largest absolute Gasteiger partial charge is 0.328 e. The first-order valence-corrected chi connectivity index (χ1v) is 9.73. The number of rotatable bonds is 2. The highest BCUT2D eigenvalue weighted by Crippen LogP contribution is 2.45. The van der Waals surface area contributed by atoms with Crippen LogP contribution in [-0.4, -0.2) is 20.5 Å². The highest BCUT2D eigenvalue weighted by atomic mass is 19.1. The minimum absolute atomic E-state index is 0.117. The molecule has 146 valence electrons. The number of benzene rings is 2. The fourth-order valence-electron chi connectivity index (χ4n) is 4.31. The lowest BCUT2D eigenvalue weighted by atomic mass is 9.73. The smallest absolute Gasteiger partial charge is 0.226 e. The Bertz CT molecular complexity index is 1150. The van der Waals surface area contributed by atoms with Crippen molar-refractivity contribution >= 4 is 11.7 Å². The van der Waals surface area contributed by atoms with Crippen molar-refractivity contribution in [1.82, 2.24) is 14.8 Å². The molecule has 1 atom stereocenters. The van der Waals surface area contributed by atoms with Crippen molar-refractivity contribution in [1.29, 1.82) is 0 Å². The number of fused-ring (bicyclic) bond motifs is 1. The van der Waals surface area contributed by atoms with Gasteiger partial charge in [0.2, 0.25) is 5.95 Å². The minimum atomic E-state index is -0.376. The summed E-state index contributed by atoms with van der Waals surface area (Å²) in [5.74, 6) is 0.576. The van der Waals surface area contributed by atoms with E-state index in [9.17, 15) is 9.18 Å². The molecule has 0 saturated carbocycles. The Hall–Kier alpha value is -3.28. The molecule has 0 amide bonds. The van der Waals surface area contributed by atoms with Gasteiger partial charge in [0.05, 0.1) is 5.56 Å². The lowest BCUT2D eigenvalue weighted by molar-refractivity contribution is -0.118. The second kappa shape index (κ2) is 6.37. The lowest BCUT2D eigenvalue weighted by Gasteiger charge is -2.38. The number of hydrogen-bond donors (Lipinski definition) is 1. The van der Waals surface area contributed by atoms with Crippen molar-refractivity contribution in [3.8, 4) is 11.4 Å². The molecule has 2 aliphatic rings. The first kappa shape index (κ1) is 17.8. The molecule has 1 unspecified atom stereocenters. The van der Waals surface area contributed by atoms with Crippen molar-refractivity contribution in [2.45, 2.75) is 32.7 Å². The quantitative estimate of drug-likeness (QED) is 0.689. The summed E-state index contributed by atoms with van der Waals surface area (Å²) in [6.07, 6.45) is 1.24. The standard InChI is InChI=1S/C23H21FN4O/c1-23(2)12-17-19(18(29)13-23)20(14-8-4-3-5-9-14)28-22(25-17)26-21(27-28)15-10-6-7-11-16(15)24/h3-11,20H,12-13H2,1-2H3,(H,25,26,27). The van der Waals surface area contributed by atoms with Gasteiger partial charge in [-0.3, -0.25) is 4.79 Å². The zero-order chi connectivity index (χ0) is 20.2. The summed E-state index contributed by atoms with van der Waals surface area (Å²) in [5, 5.41) is 7.94. The highest BCUT2D eigenvalue weighted by Gasteiger charge is 2.41. The number of hydrogen-bond acceptors (Lipinski definition) is 4. The van der Waals surface area contributed by atoms with Crippen LogP contribution in [0.25, 0.3) is 11.4 Å². The third-order valence-corrected chi connectivity index (χ3v) is 5.56. The molecule has 0 radical (unpaired) electrons. The molecule has 5 nitrogen and oxygen atoms in total. The summed E-state index contributed by atoms with van der Waals surface area (Å²) in [6.45, 7) is 4.19. The number of anilines is 1. The van der Waals surface area contributed by atoms with Gasteiger partial charge in [-0.05, 0) is 29.5 Å². The molecule has 1 aliphatic heterocycles. The van der Waals surface area contributed by atoms with Crippen molar-refractivity contribution < 1.29 is 9.18 Å². The fraction of sp³-hybridized carbons (Fsp3) is 0.261. The third kappa shape index (κ3) is 2.95. The molecule has 0 bridgehead atoms. The Morgan fingerprint density at radius 1 is 1.07 bits per heavy atom. The van der Waals surface area contributed by atoms with Gasteiger partial charge in [0.1, 0.15) is 11.9 Å². The number of Topliss-reactive ketones (excluding diaryl/α,β-unsaturated/α-hetero) is 1. The second-order valence-corrected chi connectivity index (χ2v) is 8.45. The van der Waals surface area contributed by atoms with Crippen LogP contribution in [0.4, 0.5) is 10.3 Å². The molecule has 0 fully saturated rings. The van der Waals surface area contributed by atoms with Crippen LogP contribution >= 0.6 is 0 Å². The van der Waals surface area contributed by atoms with E-state index in [-0.39, 0.29) is 23.1 Å². The van der Waals surface area contributed by atoms with Gasteiger partial charge in [0.25, 0.3) is 0 Å². The summed E-state index contributed by atoms with van der Waals surface area (Å²) in [5.41, 5.74) is 2.79. The van der Waals surface area contributed by atoms with E-state index in [1.165, 1.54) is 6.07 Å². The number of carbonyl (C=O) groups is 1. The van der Waals surface area contributed by atoms with E-state index in [1.54, 1.807) is 22.9 Å². The van der Waals surface area contributed by atoms with Crippen LogP contribution in [0.15, 0.2) is 65.9 Å². The SMILES string of the molecule is CC1(C)CC(=O)C2=C(C1)Nc1nc(-c3ccccc3F)nn1C2c1ccccc1. The zero-order valence-electron chi connectivity index (χ0n) is 16.3. The first-order chi connectivity index (χ1) is 13.9. The average molecular weight is 388 g/mol. The van der Waals surface area contributed by atoms with Crippen molar-refractivity contribution in [2.75, 3.05) is 5.32 Å². The topological polar surface area (TPSA) is 59.8 Å². The average Bonchev–Trinajstić information content (AvgIpc) is 3.09. The molecule has 0 spiro atoms. The summed E-state index contributed by atoms with van der Waals surface area (Å²) in [6, 6.07) is 15.9.